The number of nitrogens with zero attached hydrogens (tertiary/aromatic N) is 1. The molecule has 1 aromatic rings. The Kier molecular flexibility index (Phi) is 5.71. The van der Waals surface area contributed by atoms with Crippen LogP contribution in [0.3, 0.4) is 0 Å². The Morgan fingerprint density at radius 1 is 1.41 bits per heavy atom. The minimum Gasteiger partial charge on any atom is -0.493 e. The van der Waals surface area contributed by atoms with E-state index >= 15 is 0 Å². The SMILES string of the molecule is COc1cc(C=C2N=C(SC)SC2=O)c(Br)cc1OC(C)=O. The number of halogens is 1. The molecule has 1 aliphatic heterocycles. The van der Waals surface area contributed by atoms with Gasteiger partial charge in [0.25, 0.3) is 0 Å². The molecule has 0 unspecified atom stereocenters. The molecule has 1 heterocycles. The van der Waals surface area contributed by atoms with E-state index in [1.165, 1.54) is 25.8 Å². The highest BCUT2D eigenvalue weighted by molar-refractivity contribution is 9.10. The molecule has 5 nitrogen and oxygen atoms in total. The molecule has 0 saturated carbocycles. The van der Waals surface area contributed by atoms with Gasteiger partial charge >= 0.3 is 5.97 Å². The van der Waals surface area contributed by atoms with E-state index in [2.05, 4.69) is 20.9 Å². The van der Waals surface area contributed by atoms with Crippen LogP contribution in [0.25, 0.3) is 6.08 Å². The van der Waals surface area contributed by atoms with Crippen molar-refractivity contribution in [3.63, 3.8) is 0 Å². The Balaban J connectivity index is 2.42. The van der Waals surface area contributed by atoms with Gasteiger partial charge in [-0.15, -0.1) is 11.8 Å². The summed E-state index contributed by atoms with van der Waals surface area (Å²) >= 11 is 5.94. The zero-order valence-electron chi connectivity index (χ0n) is 12.0. The van der Waals surface area contributed by atoms with E-state index < -0.39 is 5.97 Å². The number of rotatable bonds is 3. The van der Waals surface area contributed by atoms with Crippen LogP contribution in [-0.2, 0) is 9.59 Å². The van der Waals surface area contributed by atoms with Crippen LogP contribution in [0.5, 0.6) is 11.5 Å². The maximum absolute atomic E-state index is 11.9. The molecule has 0 aliphatic carbocycles. The summed E-state index contributed by atoms with van der Waals surface area (Å²) in [7, 11) is 1.48. The van der Waals surface area contributed by atoms with E-state index in [-0.39, 0.29) is 5.12 Å². The molecule has 0 amide bonds. The number of hydrogen-bond donors (Lipinski definition) is 0. The first-order chi connectivity index (χ1) is 10.4. The Morgan fingerprint density at radius 3 is 2.68 bits per heavy atom. The number of benzene rings is 1. The van der Waals surface area contributed by atoms with Crippen LogP contribution in [0, 0.1) is 0 Å². The van der Waals surface area contributed by atoms with Crippen LogP contribution in [0.4, 0.5) is 0 Å². The fraction of sp³-hybridized carbons (Fsp3) is 0.214. The summed E-state index contributed by atoms with van der Waals surface area (Å²) in [6.45, 7) is 1.32. The summed E-state index contributed by atoms with van der Waals surface area (Å²) in [4.78, 5) is 27.2. The molecular formula is C14H12BrNO4S2. The number of esters is 1. The lowest BCUT2D eigenvalue weighted by atomic mass is 10.1. The average Bonchev–Trinajstić information content (AvgIpc) is 2.81. The lowest BCUT2D eigenvalue weighted by molar-refractivity contribution is -0.132. The Bertz CT molecular complexity index is 700. The van der Waals surface area contributed by atoms with Gasteiger partial charge in [0.2, 0.25) is 5.12 Å². The molecule has 2 rings (SSSR count). The minimum atomic E-state index is -0.437. The number of ether oxygens (including phenoxy) is 2. The number of hydrogen-bond acceptors (Lipinski definition) is 7. The largest absolute Gasteiger partial charge is 0.493 e. The molecule has 0 saturated heterocycles. The number of thioether (sulfide) groups is 2. The summed E-state index contributed by atoms with van der Waals surface area (Å²) in [6, 6.07) is 3.30. The van der Waals surface area contributed by atoms with Crippen molar-refractivity contribution >= 4 is 61.0 Å². The Labute approximate surface area is 144 Å². The Morgan fingerprint density at radius 2 is 2.14 bits per heavy atom. The molecule has 0 aromatic heterocycles. The number of carbonyl (C=O) groups is 2. The standard InChI is InChI=1S/C14H12BrNO4S2/c1-7(17)20-12-6-9(15)8(5-11(12)19-2)4-10-13(18)22-14(16-10)21-3/h4-6H,1-3H3. The van der Waals surface area contributed by atoms with E-state index in [1.54, 1.807) is 18.2 Å². The fourth-order valence-electron chi connectivity index (χ4n) is 1.68. The van der Waals surface area contributed by atoms with Crippen molar-refractivity contribution in [3.05, 3.63) is 27.9 Å². The first-order valence-electron chi connectivity index (χ1n) is 6.07. The lowest BCUT2D eigenvalue weighted by Gasteiger charge is -2.10. The van der Waals surface area contributed by atoms with Gasteiger partial charge in [-0.3, -0.25) is 9.59 Å². The second-order valence-electron chi connectivity index (χ2n) is 4.12. The van der Waals surface area contributed by atoms with Gasteiger partial charge in [-0.25, -0.2) is 4.99 Å². The number of aliphatic imine (C=N–C) groups is 1. The van der Waals surface area contributed by atoms with Crippen LogP contribution in [0.2, 0.25) is 0 Å². The van der Waals surface area contributed by atoms with Gasteiger partial charge < -0.3 is 9.47 Å². The molecule has 1 aliphatic rings. The maximum atomic E-state index is 11.9. The van der Waals surface area contributed by atoms with E-state index in [0.717, 1.165) is 16.1 Å². The highest BCUT2D eigenvalue weighted by atomic mass is 79.9. The highest BCUT2D eigenvalue weighted by Crippen LogP contribution is 2.36. The van der Waals surface area contributed by atoms with Crippen molar-refractivity contribution in [3.8, 4) is 11.5 Å². The van der Waals surface area contributed by atoms with Crippen LogP contribution in [0.1, 0.15) is 12.5 Å². The molecule has 0 fully saturated rings. The third kappa shape index (κ3) is 3.93. The van der Waals surface area contributed by atoms with Crippen molar-refractivity contribution in [2.75, 3.05) is 13.4 Å². The second-order valence-corrected chi connectivity index (χ2v) is 6.99. The van der Waals surface area contributed by atoms with E-state index in [9.17, 15) is 9.59 Å². The molecule has 8 heteroatoms. The zero-order chi connectivity index (χ0) is 16.3. The van der Waals surface area contributed by atoms with Crippen molar-refractivity contribution in [2.24, 2.45) is 4.99 Å². The van der Waals surface area contributed by atoms with Crippen molar-refractivity contribution in [1.82, 2.24) is 0 Å². The fourth-order valence-corrected chi connectivity index (χ4v) is 3.38. The van der Waals surface area contributed by atoms with Crippen LogP contribution < -0.4 is 9.47 Å². The quantitative estimate of drug-likeness (QED) is 0.436. The summed E-state index contributed by atoms with van der Waals surface area (Å²) < 4.78 is 11.7. The molecule has 0 radical (unpaired) electrons. The summed E-state index contributed by atoms with van der Waals surface area (Å²) in [6.07, 6.45) is 3.54. The molecule has 1 aromatic carbocycles. The van der Waals surface area contributed by atoms with Crippen LogP contribution in [-0.4, -0.2) is 28.8 Å². The van der Waals surface area contributed by atoms with Gasteiger partial charge in [0.15, 0.2) is 11.5 Å². The predicted molar refractivity (Wildman–Crippen MR) is 93.5 cm³/mol. The molecule has 0 N–H and O–H groups in total. The van der Waals surface area contributed by atoms with Gasteiger partial charge in [-0.1, -0.05) is 15.9 Å². The smallest absolute Gasteiger partial charge is 0.308 e. The highest BCUT2D eigenvalue weighted by Gasteiger charge is 2.22. The summed E-state index contributed by atoms with van der Waals surface area (Å²) in [5.74, 6) is 0.273. The first kappa shape index (κ1) is 17.1. The maximum Gasteiger partial charge on any atom is 0.308 e. The van der Waals surface area contributed by atoms with Crippen molar-refractivity contribution < 1.29 is 19.1 Å². The van der Waals surface area contributed by atoms with Gasteiger partial charge in [0, 0.05) is 11.4 Å². The minimum absolute atomic E-state index is 0.0979. The molecule has 22 heavy (non-hydrogen) atoms. The molecule has 116 valence electrons. The van der Waals surface area contributed by atoms with Crippen molar-refractivity contribution in [1.29, 1.82) is 0 Å². The monoisotopic (exact) mass is 401 g/mol. The number of methoxy groups -OCH3 is 1. The molecular weight excluding hydrogens is 390 g/mol. The van der Waals surface area contributed by atoms with E-state index in [4.69, 9.17) is 9.47 Å². The third-order valence-corrected chi connectivity index (χ3v) is 5.14. The topological polar surface area (TPSA) is 65.0 Å². The van der Waals surface area contributed by atoms with E-state index in [1.807, 2.05) is 6.26 Å². The molecule has 0 spiro atoms. The van der Waals surface area contributed by atoms with Crippen molar-refractivity contribution in [2.45, 2.75) is 6.92 Å². The molecule has 0 atom stereocenters. The lowest BCUT2D eigenvalue weighted by Crippen LogP contribution is -2.03. The third-order valence-electron chi connectivity index (χ3n) is 2.60. The van der Waals surface area contributed by atoms with Gasteiger partial charge in [0.1, 0.15) is 10.1 Å². The van der Waals surface area contributed by atoms with Crippen LogP contribution >= 0.6 is 39.5 Å². The van der Waals surface area contributed by atoms with Crippen LogP contribution in [0.15, 0.2) is 27.3 Å². The summed E-state index contributed by atoms with van der Waals surface area (Å²) in [5, 5.41) is -0.0979. The average molecular weight is 402 g/mol. The van der Waals surface area contributed by atoms with Gasteiger partial charge in [0.05, 0.1) is 7.11 Å². The molecule has 0 bridgehead atoms. The number of carbonyl (C=O) groups excluding carboxylic acids is 2. The van der Waals surface area contributed by atoms with Gasteiger partial charge in [-0.2, -0.15) is 0 Å². The zero-order valence-corrected chi connectivity index (χ0v) is 15.2. The van der Waals surface area contributed by atoms with Gasteiger partial charge in [-0.05, 0) is 41.8 Å². The predicted octanol–water partition coefficient (Wildman–Crippen LogP) is 3.72. The second kappa shape index (κ2) is 7.34. The first-order valence-corrected chi connectivity index (χ1v) is 8.90. The summed E-state index contributed by atoms with van der Waals surface area (Å²) in [5.41, 5.74) is 1.08. The Hall–Kier alpha value is -1.25. The van der Waals surface area contributed by atoms with E-state index in [0.29, 0.717) is 27.2 Å². The normalized spacial score (nSPS) is 15.9.